The average Bonchev–Trinajstić information content (AvgIpc) is 2.57. The number of hydrogen-bond donors (Lipinski definition) is 1. The van der Waals surface area contributed by atoms with E-state index in [1.807, 2.05) is 17.9 Å². The molecule has 1 saturated heterocycles. The third-order valence-electron chi connectivity index (χ3n) is 4.12. The number of benzene rings is 1. The van der Waals surface area contributed by atoms with Crippen molar-refractivity contribution in [1.82, 2.24) is 9.97 Å². The Morgan fingerprint density at radius 3 is 2.67 bits per heavy atom. The summed E-state index contributed by atoms with van der Waals surface area (Å²) in [5.41, 5.74) is 0.900. The summed E-state index contributed by atoms with van der Waals surface area (Å²) >= 11 is 0. The molecule has 1 aromatic heterocycles. The van der Waals surface area contributed by atoms with E-state index in [0.29, 0.717) is 31.9 Å². The van der Waals surface area contributed by atoms with Crippen LogP contribution < -0.4 is 10.2 Å². The quantitative estimate of drug-likeness (QED) is 0.939. The fraction of sp³-hybridized carbons (Fsp3) is 0.353. The summed E-state index contributed by atoms with van der Waals surface area (Å²) in [5, 5.41) is 2.54. The van der Waals surface area contributed by atoms with Crippen LogP contribution in [0.5, 0.6) is 0 Å². The fourth-order valence-corrected chi connectivity index (χ4v) is 2.76. The molecule has 1 N–H and O–H groups in total. The molecule has 1 aliphatic heterocycles. The van der Waals surface area contributed by atoms with Crippen molar-refractivity contribution >= 4 is 17.5 Å². The lowest BCUT2D eigenvalue weighted by molar-refractivity contribution is -0.120. The first kappa shape index (κ1) is 16.3. The Bertz CT molecular complexity index is 745. The minimum atomic E-state index is -0.769. The van der Waals surface area contributed by atoms with Crippen molar-refractivity contribution in [3.63, 3.8) is 0 Å². The van der Waals surface area contributed by atoms with Crippen LogP contribution in [0.25, 0.3) is 0 Å². The second kappa shape index (κ2) is 6.90. The van der Waals surface area contributed by atoms with Gasteiger partial charge >= 0.3 is 0 Å². The second-order valence-corrected chi connectivity index (χ2v) is 5.87. The number of amides is 1. The molecule has 2 heterocycles. The summed E-state index contributed by atoms with van der Waals surface area (Å²) in [7, 11) is 0. The van der Waals surface area contributed by atoms with E-state index >= 15 is 0 Å². The van der Waals surface area contributed by atoms with Crippen molar-refractivity contribution in [3.8, 4) is 0 Å². The van der Waals surface area contributed by atoms with Gasteiger partial charge in [-0.05, 0) is 38.0 Å². The van der Waals surface area contributed by atoms with E-state index in [0.717, 1.165) is 17.8 Å². The Labute approximate surface area is 138 Å². The van der Waals surface area contributed by atoms with Crippen molar-refractivity contribution in [3.05, 3.63) is 47.8 Å². The molecule has 0 aliphatic carbocycles. The normalized spacial score (nSPS) is 15.4. The minimum absolute atomic E-state index is 0.00541. The highest BCUT2D eigenvalue weighted by Crippen LogP contribution is 2.23. The number of hydrogen-bond acceptors (Lipinski definition) is 4. The minimum Gasteiger partial charge on any atom is -0.341 e. The Morgan fingerprint density at radius 1 is 1.25 bits per heavy atom. The lowest BCUT2D eigenvalue weighted by atomic mass is 9.96. The number of anilines is 2. The number of carbonyl (C=O) groups excluding carboxylic acids is 1. The summed E-state index contributed by atoms with van der Waals surface area (Å²) in [6.45, 7) is 3.23. The SMILES string of the molecule is Cc1ccnc(N2CCC(C(=O)Nc3ccc(F)cc3F)CC2)n1. The van der Waals surface area contributed by atoms with Gasteiger partial charge < -0.3 is 10.2 Å². The van der Waals surface area contributed by atoms with Crippen LogP contribution in [0.3, 0.4) is 0 Å². The number of nitrogens with one attached hydrogen (secondary N) is 1. The molecule has 2 aromatic rings. The molecule has 0 saturated carbocycles. The monoisotopic (exact) mass is 332 g/mol. The van der Waals surface area contributed by atoms with Gasteiger partial charge in [0, 0.05) is 37.0 Å². The van der Waals surface area contributed by atoms with Crippen molar-refractivity contribution in [1.29, 1.82) is 0 Å². The third-order valence-corrected chi connectivity index (χ3v) is 4.12. The standard InChI is InChI=1S/C17H18F2N4O/c1-11-4-7-20-17(21-11)23-8-5-12(6-9-23)16(24)22-15-3-2-13(18)10-14(15)19/h2-4,7,10,12H,5-6,8-9H2,1H3,(H,22,24). The molecule has 7 heteroatoms. The Balaban J connectivity index is 1.59. The highest BCUT2D eigenvalue weighted by atomic mass is 19.1. The molecule has 1 fully saturated rings. The molecular formula is C17H18F2N4O. The van der Waals surface area contributed by atoms with Gasteiger partial charge in [0.25, 0.3) is 0 Å². The highest BCUT2D eigenvalue weighted by molar-refractivity contribution is 5.92. The van der Waals surface area contributed by atoms with E-state index < -0.39 is 11.6 Å². The predicted octanol–water partition coefficient (Wildman–Crippen LogP) is 2.92. The largest absolute Gasteiger partial charge is 0.341 e. The van der Waals surface area contributed by atoms with Gasteiger partial charge in [-0.15, -0.1) is 0 Å². The smallest absolute Gasteiger partial charge is 0.227 e. The molecular weight excluding hydrogens is 314 g/mol. The van der Waals surface area contributed by atoms with Gasteiger partial charge in [0.2, 0.25) is 11.9 Å². The number of piperidine rings is 1. The Kier molecular flexibility index (Phi) is 4.69. The van der Waals surface area contributed by atoms with Gasteiger partial charge in [0.05, 0.1) is 5.69 Å². The predicted molar refractivity (Wildman–Crippen MR) is 86.7 cm³/mol. The first-order chi connectivity index (χ1) is 11.5. The summed E-state index contributed by atoms with van der Waals surface area (Å²) in [6, 6.07) is 4.95. The van der Waals surface area contributed by atoms with Crippen LogP contribution >= 0.6 is 0 Å². The molecule has 0 bridgehead atoms. The molecule has 1 aromatic carbocycles. The second-order valence-electron chi connectivity index (χ2n) is 5.87. The van der Waals surface area contributed by atoms with Crippen molar-refractivity contribution < 1.29 is 13.6 Å². The van der Waals surface area contributed by atoms with E-state index in [1.165, 1.54) is 6.07 Å². The number of carbonyl (C=O) groups is 1. The van der Waals surface area contributed by atoms with Gasteiger partial charge in [-0.3, -0.25) is 4.79 Å². The molecule has 0 radical (unpaired) electrons. The zero-order valence-corrected chi connectivity index (χ0v) is 13.3. The van der Waals surface area contributed by atoms with Gasteiger partial charge in [-0.1, -0.05) is 0 Å². The van der Waals surface area contributed by atoms with E-state index in [2.05, 4.69) is 15.3 Å². The summed E-state index contributed by atoms with van der Waals surface area (Å²) in [6.07, 6.45) is 2.98. The van der Waals surface area contributed by atoms with E-state index in [1.54, 1.807) is 6.20 Å². The van der Waals surface area contributed by atoms with Gasteiger partial charge in [-0.25, -0.2) is 18.7 Å². The molecule has 3 rings (SSSR count). The van der Waals surface area contributed by atoms with Gasteiger partial charge in [0.15, 0.2) is 0 Å². The van der Waals surface area contributed by atoms with Crippen molar-refractivity contribution in [2.75, 3.05) is 23.3 Å². The zero-order valence-electron chi connectivity index (χ0n) is 13.3. The van der Waals surface area contributed by atoms with Crippen LogP contribution in [0.4, 0.5) is 20.4 Å². The van der Waals surface area contributed by atoms with E-state index in [9.17, 15) is 13.6 Å². The summed E-state index contributed by atoms with van der Waals surface area (Å²) in [4.78, 5) is 23.0. The molecule has 24 heavy (non-hydrogen) atoms. The fourth-order valence-electron chi connectivity index (χ4n) is 2.76. The van der Waals surface area contributed by atoms with Crippen LogP contribution in [0.15, 0.2) is 30.5 Å². The van der Waals surface area contributed by atoms with Gasteiger partial charge in [-0.2, -0.15) is 0 Å². The van der Waals surface area contributed by atoms with Crippen LogP contribution in [0, 0.1) is 24.5 Å². The number of nitrogens with zero attached hydrogens (tertiary/aromatic N) is 3. The average molecular weight is 332 g/mol. The van der Waals surface area contributed by atoms with Crippen molar-refractivity contribution in [2.45, 2.75) is 19.8 Å². The topological polar surface area (TPSA) is 58.1 Å². The van der Waals surface area contributed by atoms with Crippen LogP contribution in [0.2, 0.25) is 0 Å². The maximum Gasteiger partial charge on any atom is 0.227 e. The lowest BCUT2D eigenvalue weighted by Gasteiger charge is -2.31. The zero-order chi connectivity index (χ0) is 17.1. The number of rotatable bonds is 3. The summed E-state index contributed by atoms with van der Waals surface area (Å²) < 4.78 is 26.5. The maximum absolute atomic E-state index is 13.6. The summed E-state index contributed by atoms with van der Waals surface area (Å²) in [5.74, 6) is -1.23. The molecule has 0 unspecified atom stereocenters. The van der Waals surface area contributed by atoms with Crippen LogP contribution in [-0.2, 0) is 4.79 Å². The van der Waals surface area contributed by atoms with Crippen molar-refractivity contribution in [2.24, 2.45) is 5.92 Å². The number of aromatic nitrogens is 2. The third kappa shape index (κ3) is 3.67. The maximum atomic E-state index is 13.6. The molecule has 1 aliphatic rings. The van der Waals surface area contributed by atoms with Crippen LogP contribution in [0.1, 0.15) is 18.5 Å². The number of aryl methyl sites for hydroxylation is 1. The molecule has 0 spiro atoms. The molecule has 5 nitrogen and oxygen atoms in total. The molecule has 0 atom stereocenters. The molecule has 1 amide bonds. The Morgan fingerprint density at radius 2 is 2.00 bits per heavy atom. The lowest BCUT2D eigenvalue weighted by Crippen LogP contribution is -2.39. The molecule has 126 valence electrons. The number of halogens is 2. The first-order valence-corrected chi connectivity index (χ1v) is 7.83. The van der Waals surface area contributed by atoms with Gasteiger partial charge in [0.1, 0.15) is 11.6 Å². The Hall–Kier alpha value is -2.57. The van der Waals surface area contributed by atoms with E-state index in [4.69, 9.17) is 0 Å². The van der Waals surface area contributed by atoms with Crippen LogP contribution in [-0.4, -0.2) is 29.0 Å². The first-order valence-electron chi connectivity index (χ1n) is 7.83. The highest BCUT2D eigenvalue weighted by Gasteiger charge is 2.26. The van der Waals surface area contributed by atoms with E-state index in [-0.39, 0.29) is 17.5 Å².